The van der Waals surface area contributed by atoms with Crippen molar-refractivity contribution in [1.82, 2.24) is 15.5 Å². The summed E-state index contributed by atoms with van der Waals surface area (Å²) in [6.07, 6.45) is 1.66. The predicted octanol–water partition coefficient (Wildman–Crippen LogP) is 1.56. The number of piperidine rings is 1. The van der Waals surface area contributed by atoms with Gasteiger partial charge >= 0.3 is 0 Å². The highest BCUT2D eigenvalue weighted by molar-refractivity contribution is 6.05. The average molecular weight is 450 g/mol. The van der Waals surface area contributed by atoms with Crippen molar-refractivity contribution in [2.75, 3.05) is 19.7 Å². The number of nitrogens with one attached hydrogen (secondary N) is 2. The van der Waals surface area contributed by atoms with Crippen LogP contribution in [0.5, 0.6) is 5.75 Å². The summed E-state index contributed by atoms with van der Waals surface area (Å²) in [5.41, 5.74) is 3.59. The van der Waals surface area contributed by atoms with Crippen molar-refractivity contribution in [2.24, 2.45) is 0 Å². The molecule has 0 aromatic heterocycles. The van der Waals surface area contributed by atoms with Crippen LogP contribution in [-0.2, 0) is 33.9 Å². The molecule has 2 aromatic rings. The lowest BCUT2D eigenvalue weighted by Crippen LogP contribution is -2.52. The maximum Gasteiger partial charge on any atom is 0.255 e. The Morgan fingerprint density at radius 3 is 2.64 bits per heavy atom. The molecule has 33 heavy (non-hydrogen) atoms. The van der Waals surface area contributed by atoms with Gasteiger partial charge in [-0.15, -0.1) is 0 Å². The van der Waals surface area contributed by atoms with E-state index in [-0.39, 0.29) is 24.3 Å². The summed E-state index contributed by atoms with van der Waals surface area (Å²) in [4.78, 5) is 38.2. The molecule has 3 aliphatic rings. The highest BCUT2D eigenvalue weighted by Crippen LogP contribution is 2.34. The fourth-order valence-corrected chi connectivity index (χ4v) is 4.64. The fraction of sp³-hybridized carbons (Fsp3) is 0.400. The van der Waals surface area contributed by atoms with Gasteiger partial charge in [-0.05, 0) is 36.1 Å². The van der Waals surface area contributed by atoms with E-state index in [4.69, 9.17) is 9.47 Å². The Morgan fingerprint density at radius 2 is 1.88 bits per heavy atom. The maximum atomic E-state index is 12.9. The van der Waals surface area contributed by atoms with Gasteiger partial charge in [0.25, 0.3) is 5.91 Å². The summed E-state index contributed by atoms with van der Waals surface area (Å²) in [7, 11) is 0. The van der Waals surface area contributed by atoms with E-state index in [1.54, 1.807) is 12.1 Å². The van der Waals surface area contributed by atoms with Crippen molar-refractivity contribution in [3.63, 3.8) is 0 Å². The van der Waals surface area contributed by atoms with Crippen LogP contribution in [0.2, 0.25) is 0 Å². The Balaban J connectivity index is 1.23. The summed E-state index contributed by atoms with van der Waals surface area (Å²) in [5.74, 6) is -0.266. The number of imide groups is 1. The number of benzene rings is 2. The Labute approximate surface area is 192 Å². The number of hydrogen-bond acceptors (Lipinski definition) is 6. The summed E-state index contributed by atoms with van der Waals surface area (Å²) in [6, 6.07) is 13.1. The van der Waals surface area contributed by atoms with E-state index < -0.39 is 11.9 Å². The van der Waals surface area contributed by atoms with Gasteiger partial charge < -0.3 is 19.7 Å². The molecule has 8 nitrogen and oxygen atoms in total. The van der Waals surface area contributed by atoms with Gasteiger partial charge in [-0.3, -0.25) is 19.7 Å². The second-order valence-corrected chi connectivity index (χ2v) is 8.69. The van der Waals surface area contributed by atoms with Crippen LogP contribution in [0.15, 0.2) is 42.5 Å². The summed E-state index contributed by atoms with van der Waals surface area (Å²) in [6.45, 7) is 3.21. The first kappa shape index (κ1) is 21.6. The maximum absolute atomic E-state index is 12.9. The van der Waals surface area contributed by atoms with Gasteiger partial charge in [0, 0.05) is 30.6 Å². The molecular weight excluding hydrogens is 422 g/mol. The lowest BCUT2D eigenvalue weighted by molar-refractivity contribution is -0.136. The number of hydrogen-bond donors (Lipinski definition) is 2. The summed E-state index contributed by atoms with van der Waals surface area (Å²) in [5, 5.41) is 5.68. The minimum Gasteiger partial charge on any atom is -0.489 e. The van der Waals surface area contributed by atoms with Crippen LogP contribution in [0.1, 0.15) is 39.9 Å². The molecule has 2 aromatic carbocycles. The quantitative estimate of drug-likeness (QED) is 0.650. The molecule has 1 unspecified atom stereocenters. The van der Waals surface area contributed by atoms with E-state index in [2.05, 4.69) is 34.9 Å². The first-order valence-electron chi connectivity index (χ1n) is 11.4. The van der Waals surface area contributed by atoms with Crippen LogP contribution in [0.25, 0.3) is 0 Å². The molecular formula is C25H27N3O5. The molecule has 5 rings (SSSR count). The SMILES string of the molecule is O=C1CC[C@H](N2Cc3c(OCc4ccc(CC5CNCCO5)cc4)cccc3C2=O)C(=O)N1. The molecule has 0 radical (unpaired) electrons. The molecule has 2 fully saturated rings. The molecule has 3 amide bonds. The van der Waals surface area contributed by atoms with Gasteiger partial charge in [0.05, 0.1) is 19.3 Å². The van der Waals surface area contributed by atoms with Crippen molar-refractivity contribution in [2.45, 2.75) is 44.6 Å². The highest BCUT2D eigenvalue weighted by atomic mass is 16.5. The lowest BCUT2D eigenvalue weighted by atomic mass is 10.0. The molecule has 172 valence electrons. The smallest absolute Gasteiger partial charge is 0.255 e. The monoisotopic (exact) mass is 449 g/mol. The molecule has 3 heterocycles. The molecule has 0 aliphatic carbocycles. The summed E-state index contributed by atoms with van der Waals surface area (Å²) < 4.78 is 11.9. The molecule has 3 aliphatic heterocycles. The van der Waals surface area contributed by atoms with Crippen LogP contribution >= 0.6 is 0 Å². The molecule has 8 heteroatoms. The largest absolute Gasteiger partial charge is 0.489 e. The Bertz CT molecular complexity index is 1060. The van der Waals surface area contributed by atoms with Crippen molar-refractivity contribution < 1.29 is 23.9 Å². The van der Waals surface area contributed by atoms with E-state index in [9.17, 15) is 14.4 Å². The van der Waals surface area contributed by atoms with Gasteiger partial charge in [0.1, 0.15) is 18.4 Å². The van der Waals surface area contributed by atoms with Crippen molar-refractivity contribution in [3.05, 3.63) is 64.7 Å². The minimum atomic E-state index is -0.633. The number of fused-ring (bicyclic) bond motifs is 1. The number of amides is 3. The first-order chi connectivity index (χ1) is 16.1. The van der Waals surface area contributed by atoms with Crippen LogP contribution in [-0.4, -0.2) is 54.5 Å². The number of rotatable bonds is 6. The van der Waals surface area contributed by atoms with Crippen LogP contribution < -0.4 is 15.4 Å². The second-order valence-electron chi connectivity index (χ2n) is 8.69. The minimum absolute atomic E-state index is 0.200. The van der Waals surface area contributed by atoms with Gasteiger partial charge in [-0.2, -0.15) is 0 Å². The van der Waals surface area contributed by atoms with Crippen molar-refractivity contribution >= 4 is 17.7 Å². The molecule has 2 N–H and O–H groups in total. The number of carbonyl (C=O) groups is 3. The van der Waals surface area contributed by atoms with E-state index in [0.29, 0.717) is 30.9 Å². The second kappa shape index (κ2) is 9.33. The van der Waals surface area contributed by atoms with E-state index in [0.717, 1.165) is 37.2 Å². The van der Waals surface area contributed by atoms with Gasteiger partial charge in [-0.25, -0.2) is 0 Å². The highest BCUT2D eigenvalue weighted by Gasteiger charge is 2.40. The zero-order valence-corrected chi connectivity index (χ0v) is 18.3. The Morgan fingerprint density at radius 1 is 1.06 bits per heavy atom. The van der Waals surface area contributed by atoms with E-state index in [1.807, 2.05) is 6.07 Å². The molecule has 2 saturated heterocycles. The van der Waals surface area contributed by atoms with Crippen LogP contribution in [0.3, 0.4) is 0 Å². The zero-order chi connectivity index (χ0) is 22.8. The van der Waals surface area contributed by atoms with Crippen LogP contribution in [0, 0.1) is 0 Å². The molecule has 0 bridgehead atoms. The Hall–Kier alpha value is -3.23. The molecule has 0 saturated carbocycles. The molecule has 0 spiro atoms. The zero-order valence-electron chi connectivity index (χ0n) is 18.3. The van der Waals surface area contributed by atoms with Gasteiger partial charge in [-0.1, -0.05) is 30.3 Å². The third-order valence-electron chi connectivity index (χ3n) is 6.42. The summed E-state index contributed by atoms with van der Waals surface area (Å²) >= 11 is 0. The number of morpholine rings is 1. The van der Waals surface area contributed by atoms with Crippen LogP contribution in [0.4, 0.5) is 0 Å². The number of nitrogens with zero attached hydrogens (tertiary/aromatic N) is 1. The normalized spacial score (nSPS) is 22.8. The van der Waals surface area contributed by atoms with E-state index >= 15 is 0 Å². The van der Waals surface area contributed by atoms with Crippen molar-refractivity contribution in [3.8, 4) is 5.75 Å². The molecule has 2 atom stereocenters. The van der Waals surface area contributed by atoms with E-state index in [1.165, 1.54) is 10.5 Å². The third-order valence-corrected chi connectivity index (χ3v) is 6.42. The first-order valence-corrected chi connectivity index (χ1v) is 11.4. The predicted molar refractivity (Wildman–Crippen MR) is 120 cm³/mol. The Kier molecular flexibility index (Phi) is 6.11. The average Bonchev–Trinajstić information content (AvgIpc) is 3.16. The van der Waals surface area contributed by atoms with Gasteiger partial charge in [0.15, 0.2) is 0 Å². The van der Waals surface area contributed by atoms with Crippen molar-refractivity contribution in [1.29, 1.82) is 0 Å². The lowest BCUT2D eigenvalue weighted by Gasteiger charge is -2.29. The number of ether oxygens (including phenoxy) is 2. The number of carbonyl (C=O) groups excluding carboxylic acids is 3. The third kappa shape index (κ3) is 4.62. The fourth-order valence-electron chi connectivity index (χ4n) is 4.64. The standard InChI is InChI=1S/C25H27N3O5/c29-23-9-8-21(24(30)27-23)28-14-20-19(25(28)31)2-1-3-22(20)33-15-17-6-4-16(5-7-17)12-18-13-26-10-11-32-18/h1-7,18,21,26H,8-15H2,(H,27,29,30)/t18?,21-/m0/s1. The van der Waals surface area contributed by atoms with Gasteiger partial charge in [0.2, 0.25) is 11.8 Å². The topological polar surface area (TPSA) is 97.0 Å².